The summed E-state index contributed by atoms with van der Waals surface area (Å²) in [6, 6.07) is 2.21. The van der Waals surface area contributed by atoms with E-state index in [2.05, 4.69) is 35.2 Å². The lowest BCUT2D eigenvalue weighted by molar-refractivity contribution is -0.144. The van der Waals surface area contributed by atoms with Gasteiger partial charge < -0.3 is 19.4 Å². The average molecular weight is 369 g/mol. The monoisotopic (exact) mass is 369 g/mol. The molecule has 0 amide bonds. The van der Waals surface area contributed by atoms with Gasteiger partial charge in [0.2, 0.25) is 0 Å². The van der Waals surface area contributed by atoms with Crippen molar-refractivity contribution in [3.8, 4) is 6.07 Å². The third kappa shape index (κ3) is 4.37. The Morgan fingerprint density at radius 2 is 2.26 bits per heavy atom. The molecule has 1 aliphatic heterocycles. The number of nitrogens with zero attached hydrogens (tertiary/aromatic N) is 4. The summed E-state index contributed by atoms with van der Waals surface area (Å²) in [5.74, 6) is 0.869. The van der Waals surface area contributed by atoms with Gasteiger partial charge in [-0.05, 0) is 12.3 Å². The lowest BCUT2D eigenvalue weighted by Crippen LogP contribution is -2.18. The molecule has 0 bridgehead atoms. The zero-order valence-corrected chi connectivity index (χ0v) is 15.7. The molecule has 8 heteroatoms. The molecule has 2 atom stereocenters. The second-order valence-electron chi connectivity index (χ2n) is 6.84. The summed E-state index contributed by atoms with van der Waals surface area (Å²) in [5.41, 5.74) is 1.11. The third-order valence-electron chi connectivity index (χ3n) is 4.27. The number of anilines is 1. The normalized spacial score (nSPS) is 19.4. The number of rotatable bonds is 7. The van der Waals surface area contributed by atoms with Crippen LogP contribution in [0.3, 0.4) is 0 Å². The van der Waals surface area contributed by atoms with Crippen LogP contribution in [0.15, 0.2) is 12.5 Å². The zero-order chi connectivity index (χ0) is 19.4. The van der Waals surface area contributed by atoms with Gasteiger partial charge in [0.1, 0.15) is 36.7 Å². The molecule has 2 aromatic heterocycles. The Balaban J connectivity index is 1.83. The van der Waals surface area contributed by atoms with E-state index < -0.39 is 6.23 Å². The summed E-state index contributed by atoms with van der Waals surface area (Å²) in [4.78, 5) is 19.6. The summed E-state index contributed by atoms with van der Waals surface area (Å²) in [5, 5.41) is 13.6. The molecule has 0 aromatic carbocycles. The Morgan fingerprint density at radius 1 is 1.44 bits per heavy atom. The Hall–Kier alpha value is -2.66. The van der Waals surface area contributed by atoms with Crippen LogP contribution in [0.4, 0.5) is 5.82 Å². The molecule has 3 heterocycles. The van der Waals surface area contributed by atoms with Gasteiger partial charge in [-0.3, -0.25) is 4.79 Å². The molecule has 0 saturated carbocycles. The van der Waals surface area contributed by atoms with Crippen molar-refractivity contribution in [2.24, 2.45) is 5.92 Å². The quantitative estimate of drug-likeness (QED) is 0.748. The number of nitriles is 1. The Morgan fingerprint density at radius 3 is 2.96 bits per heavy atom. The number of carbonyl (C=O) groups is 1. The fourth-order valence-electron chi connectivity index (χ4n) is 2.92. The maximum atomic E-state index is 11.0. The second kappa shape index (κ2) is 8.35. The van der Waals surface area contributed by atoms with Crippen LogP contribution >= 0.6 is 0 Å². The van der Waals surface area contributed by atoms with Gasteiger partial charge in [0.05, 0.1) is 17.1 Å². The van der Waals surface area contributed by atoms with Crippen LogP contribution in [0.5, 0.6) is 0 Å². The topological polar surface area (TPSA) is 102 Å². The predicted molar refractivity (Wildman–Crippen MR) is 99.3 cm³/mol. The fraction of sp³-hybridized carbons (Fsp3) is 0.474. The number of carbonyl (C=O) groups excluding carboxylic acids is 1. The number of esters is 1. The molecule has 2 radical (unpaired) electrons. The molecule has 8 nitrogen and oxygen atoms in total. The highest BCUT2D eigenvalue weighted by Gasteiger charge is 2.30. The SMILES string of the molecule is CC(=O)OCC1[CH][CH][C@H](n2cc(C#N)c3c(NCCC(C)C)ncnc32)O1. The van der Waals surface area contributed by atoms with Gasteiger partial charge in [-0.15, -0.1) is 0 Å². The van der Waals surface area contributed by atoms with Crippen LogP contribution in [0.25, 0.3) is 11.0 Å². The minimum Gasteiger partial charge on any atom is -0.463 e. The Bertz CT molecular complexity index is 855. The standard InChI is InChI=1S/C19H23N5O3/c1-12(2)6-7-21-18-17-14(8-20)9-24(19(17)23-11-22-18)16-5-4-15(27-16)10-26-13(3)25/h4-5,9,11-12,15-16H,6-7,10H2,1-3H3,(H,21,22,23)/t15?,16-/m1/s1. The van der Waals surface area contributed by atoms with E-state index in [9.17, 15) is 10.1 Å². The number of fused-ring (bicyclic) bond motifs is 1. The van der Waals surface area contributed by atoms with E-state index in [0.717, 1.165) is 13.0 Å². The summed E-state index contributed by atoms with van der Waals surface area (Å²) in [6.45, 7) is 6.60. The van der Waals surface area contributed by atoms with E-state index in [1.165, 1.54) is 13.3 Å². The van der Waals surface area contributed by atoms with Crippen LogP contribution in [0, 0.1) is 30.1 Å². The maximum absolute atomic E-state index is 11.0. The molecule has 0 spiro atoms. The first-order valence-electron chi connectivity index (χ1n) is 8.96. The van der Waals surface area contributed by atoms with E-state index in [0.29, 0.717) is 28.3 Å². The molecule has 27 heavy (non-hydrogen) atoms. The highest BCUT2D eigenvalue weighted by molar-refractivity contribution is 5.93. The number of hydrogen-bond acceptors (Lipinski definition) is 7. The van der Waals surface area contributed by atoms with Crippen LogP contribution in [0.2, 0.25) is 0 Å². The molecule has 1 aliphatic rings. The first-order chi connectivity index (χ1) is 13.0. The molecular formula is C19H23N5O3. The van der Waals surface area contributed by atoms with Gasteiger partial charge in [0.15, 0.2) is 0 Å². The van der Waals surface area contributed by atoms with E-state index in [1.54, 1.807) is 10.8 Å². The number of hydrogen-bond donors (Lipinski definition) is 1. The first-order valence-corrected chi connectivity index (χ1v) is 8.96. The van der Waals surface area contributed by atoms with Crippen LogP contribution in [-0.2, 0) is 14.3 Å². The van der Waals surface area contributed by atoms with Gasteiger partial charge in [-0.25, -0.2) is 9.97 Å². The molecule has 0 aliphatic carbocycles. The molecule has 1 N–H and O–H groups in total. The summed E-state index contributed by atoms with van der Waals surface area (Å²) >= 11 is 0. The van der Waals surface area contributed by atoms with Gasteiger partial charge in [0.25, 0.3) is 0 Å². The second-order valence-corrected chi connectivity index (χ2v) is 6.84. The van der Waals surface area contributed by atoms with Crippen LogP contribution < -0.4 is 5.32 Å². The Labute approximate surface area is 158 Å². The third-order valence-corrected chi connectivity index (χ3v) is 4.27. The Kier molecular flexibility index (Phi) is 5.91. The van der Waals surface area contributed by atoms with Gasteiger partial charge in [0, 0.05) is 32.5 Å². The smallest absolute Gasteiger partial charge is 0.302 e. The molecule has 1 unspecified atom stereocenters. The van der Waals surface area contributed by atoms with Gasteiger partial charge >= 0.3 is 5.97 Å². The molecular weight excluding hydrogens is 346 g/mol. The van der Waals surface area contributed by atoms with Crippen LogP contribution in [0.1, 0.15) is 39.0 Å². The van der Waals surface area contributed by atoms with Crippen LogP contribution in [-0.4, -0.2) is 39.8 Å². The van der Waals surface area contributed by atoms with Crippen molar-refractivity contribution >= 4 is 22.8 Å². The number of ether oxygens (including phenoxy) is 2. The van der Waals surface area contributed by atoms with E-state index in [4.69, 9.17) is 9.47 Å². The van der Waals surface area contributed by atoms with Crippen molar-refractivity contribution in [1.82, 2.24) is 14.5 Å². The minimum absolute atomic E-state index is 0.156. The molecule has 1 fully saturated rings. The van der Waals surface area contributed by atoms with Crippen molar-refractivity contribution in [2.45, 2.75) is 39.5 Å². The van der Waals surface area contributed by atoms with E-state index >= 15 is 0 Å². The first kappa shape index (κ1) is 19.1. The van der Waals surface area contributed by atoms with Crippen molar-refractivity contribution in [3.63, 3.8) is 0 Å². The molecule has 2 aromatic rings. The summed E-state index contributed by atoms with van der Waals surface area (Å²) in [6.07, 6.45) is 7.15. The zero-order valence-electron chi connectivity index (χ0n) is 15.7. The van der Waals surface area contributed by atoms with E-state index in [-0.39, 0.29) is 18.7 Å². The highest BCUT2D eigenvalue weighted by atomic mass is 16.6. The predicted octanol–water partition coefficient (Wildman–Crippen LogP) is 2.63. The van der Waals surface area contributed by atoms with Crippen molar-refractivity contribution in [3.05, 3.63) is 30.9 Å². The largest absolute Gasteiger partial charge is 0.463 e. The lowest BCUT2D eigenvalue weighted by Gasteiger charge is -2.15. The van der Waals surface area contributed by atoms with E-state index in [1.807, 2.05) is 12.8 Å². The molecule has 142 valence electrons. The number of nitrogens with one attached hydrogen (secondary N) is 1. The van der Waals surface area contributed by atoms with Crippen molar-refractivity contribution < 1.29 is 14.3 Å². The summed E-state index contributed by atoms with van der Waals surface area (Å²) in [7, 11) is 0. The lowest BCUT2D eigenvalue weighted by atomic mass is 10.1. The minimum atomic E-state index is -0.423. The molecule has 3 rings (SSSR count). The average Bonchev–Trinajstić information content (AvgIpc) is 3.24. The van der Waals surface area contributed by atoms with Gasteiger partial charge in [-0.1, -0.05) is 13.8 Å². The fourth-order valence-corrected chi connectivity index (χ4v) is 2.92. The maximum Gasteiger partial charge on any atom is 0.302 e. The van der Waals surface area contributed by atoms with Crippen molar-refractivity contribution in [2.75, 3.05) is 18.5 Å². The highest BCUT2D eigenvalue weighted by Crippen LogP contribution is 2.33. The summed E-state index contributed by atoms with van der Waals surface area (Å²) < 4.78 is 12.7. The van der Waals surface area contributed by atoms with Gasteiger partial charge in [-0.2, -0.15) is 5.26 Å². The molecule has 1 saturated heterocycles. The van der Waals surface area contributed by atoms with Crippen molar-refractivity contribution in [1.29, 1.82) is 5.26 Å². The number of aromatic nitrogens is 3.